The molecule has 2 aromatic carbocycles. The molecule has 6 nitrogen and oxygen atoms in total. The lowest BCUT2D eigenvalue weighted by molar-refractivity contribution is -0.149. The fourth-order valence-electron chi connectivity index (χ4n) is 3.87. The van der Waals surface area contributed by atoms with Gasteiger partial charge in [-0.25, -0.2) is 0 Å². The van der Waals surface area contributed by atoms with Crippen molar-refractivity contribution in [2.75, 3.05) is 25.0 Å². The van der Waals surface area contributed by atoms with Gasteiger partial charge in [0.1, 0.15) is 0 Å². The molecule has 1 saturated heterocycles. The molecule has 2 heterocycles. The maximum atomic E-state index is 13.0. The van der Waals surface area contributed by atoms with Crippen molar-refractivity contribution in [3.63, 3.8) is 0 Å². The van der Waals surface area contributed by atoms with E-state index in [4.69, 9.17) is 4.74 Å². The van der Waals surface area contributed by atoms with E-state index < -0.39 is 0 Å². The normalized spacial score (nSPS) is 17.6. The topological polar surface area (TPSA) is 75.7 Å². The maximum Gasteiger partial charge on any atom is 0.309 e. The number of esters is 1. The molecule has 7 heteroatoms. The highest BCUT2D eigenvalue weighted by molar-refractivity contribution is 8.04. The summed E-state index contributed by atoms with van der Waals surface area (Å²) in [5, 5.41) is 2.92. The number of ether oxygens (including phenoxy) is 1. The molecule has 1 N–H and O–H groups in total. The molecule has 0 aliphatic carbocycles. The Bertz CT molecular complexity index is 1070. The number of hydrogen-bond donors (Lipinski definition) is 1. The average Bonchev–Trinajstić information content (AvgIpc) is 2.80. The van der Waals surface area contributed by atoms with E-state index in [1.54, 1.807) is 24.0 Å². The Morgan fingerprint density at radius 3 is 2.56 bits per heavy atom. The minimum absolute atomic E-state index is 0.0876. The zero-order chi connectivity index (χ0) is 22.7. The highest BCUT2D eigenvalue weighted by Gasteiger charge is 2.29. The largest absolute Gasteiger partial charge is 0.466 e. The minimum Gasteiger partial charge on any atom is -0.466 e. The van der Waals surface area contributed by atoms with Crippen LogP contribution in [0.3, 0.4) is 0 Å². The first-order valence-electron chi connectivity index (χ1n) is 10.8. The first kappa shape index (κ1) is 22.1. The lowest BCUT2D eigenvalue weighted by atomic mass is 9.96. The number of thioether (sulfide) groups is 1. The number of carbonyl (C=O) groups is 3. The van der Waals surface area contributed by atoms with Gasteiger partial charge in [-0.15, -0.1) is 0 Å². The number of nitrogens with one attached hydrogen (secondary N) is 1. The summed E-state index contributed by atoms with van der Waals surface area (Å²) in [6.45, 7) is 5.23. The fraction of sp³-hybridized carbons (Fsp3) is 0.320. The van der Waals surface area contributed by atoms with Gasteiger partial charge in [0.2, 0.25) is 0 Å². The molecule has 0 spiro atoms. The fourth-order valence-corrected chi connectivity index (χ4v) is 4.80. The molecule has 0 saturated carbocycles. The van der Waals surface area contributed by atoms with Crippen molar-refractivity contribution in [2.24, 2.45) is 5.92 Å². The molecule has 0 atom stereocenters. The van der Waals surface area contributed by atoms with Gasteiger partial charge >= 0.3 is 5.97 Å². The molecular formula is C25H26N2O4S. The van der Waals surface area contributed by atoms with Gasteiger partial charge in [0.25, 0.3) is 11.8 Å². The van der Waals surface area contributed by atoms with Crippen LogP contribution in [0.25, 0.3) is 6.08 Å². The lowest BCUT2D eigenvalue weighted by Gasteiger charge is -2.31. The predicted octanol–water partition coefficient (Wildman–Crippen LogP) is 4.50. The van der Waals surface area contributed by atoms with Gasteiger partial charge in [-0.1, -0.05) is 41.6 Å². The number of hydrogen-bond acceptors (Lipinski definition) is 5. The van der Waals surface area contributed by atoms with E-state index in [0.717, 1.165) is 10.5 Å². The number of likely N-dealkylation sites (tertiary alicyclic amines) is 1. The second-order valence-electron chi connectivity index (χ2n) is 8.00. The Morgan fingerprint density at radius 1 is 1.16 bits per heavy atom. The second kappa shape index (κ2) is 9.61. The van der Waals surface area contributed by atoms with Crippen LogP contribution in [0.2, 0.25) is 0 Å². The van der Waals surface area contributed by atoms with Gasteiger partial charge < -0.3 is 15.0 Å². The van der Waals surface area contributed by atoms with Crippen LogP contribution in [0, 0.1) is 12.8 Å². The number of fused-ring (bicyclic) bond motifs is 1. The van der Waals surface area contributed by atoms with Crippen LogP contribution in [0.5, 0.6) is 0 Å². The molecule has 166 valence electrons. The van der Waals surface area contributed by atoms with Crippen molar-refractivity contribution in [1.82, 2.24) is 4.90 Å². The summed E-state index contributed by atoms with van der Waals surface area (Å²) in [5.41, 5.74) is 3.31. The van der Waals surface area contributed by atoms with Crippen molar-refractivity contribution in [3.05, 3.63) is 64.1 Å². The van der Waals surface area contributed by atoms with E-state index in [2.05, 4.69) is 5.32 Å². The average molecular weight is 451 g/mol. The minimum atomic E-state index is -0.178. The summed E-state index contributed by atoms with van der Waals surface area (Å²) in [7, 11) is 0. The lowest BCUT2D eigenvalue weighted by Crippen LogP contribution is -2.40. The van der Waals surface area contributed by atoms with Crippen LogP contribution in [0.4, 0.5) is 5.69 Å². The van der Waals surface area contributed by atoms with Crippen molar-refractivity contribution < 1.29 is 19.1 Å². The smallest absolute Gasteiger partial charge is 0.309 e. The van der Waals surface area contributed by atoms with E-state index in [1.165, 1.54) is 17.3 Å². The molecule has 4 rings (SSSR count). The first-order chi connectivity index (χ1) is 15.4. The SMILES string of the molecule is CCOC(=O)C1CCN(C(=O)c2ccc3c(c2)NC(=O)C(=Cc2ccc(C)cc2)S3)CC1. The molecule has 2 aliphatic heterocycles. The Morgan fingerprint density at radius 2 is 1.88 bits per heavy atom. The van der Waals surface area contributed by atoms with Crippen molar-refractivity contribution in [1.29, 1.82) is 0 Å². The molecule has 0 aromatic heterocycles. The number of amides is 2. The molecular weight excluding hydrogens is 424 g/mol. The number of carbonyl (C=O) groups excluding carboxylic acids is 3. The zero-order valence-corrected chi connectivity index (χ0v) is 19.0. The molecule has 0 unspecified atom stereocenters. The molecule has 2 aliphatic rings. The maximum absolute atomic E-state index is 13.0. The third-order valence-corrected chi connectivity index (χ3v) is 6.79. The van der Waals surface area contributed by atoms with Gasteiger partial charge in [0, 0.05) is 23.5 Å². The summed E-state index contributed by atoms with van der Waals surface area (Å²) < 4.78 is 5.10. The van der Waals surface area contributed by atoms with Gasteiger partial charge in [-0.3, -0.25) is 14.4 Å². The summed E-state index contributed by atoms with van der Waals surface area (Å²) in [5.74, 6) is -0.585. The number of aryl methyl sites for hydroxylation is 1. The zero-order valence-electron chi connectivity index (χ0n) is 18.2. The second-order valence-corrected chi connectivity index (χ2v) is 9.09. The molecule has 1 fully saturated rings. The van der Waals surface area contributed by atoms with Crippen LogP contribution < -0.4 is 5.32 Å². The van der Waals surface area contributed by atoms with Gasteiger partial charge in [-0.2, -0.15) is 0 Å². The van der Waals surface area contributed by atoms with E-state index in [9.17, 15) is 14.4 Å². The first-order valence-corrected chi connectivity index (χ1v) is 11.6. The Labute approximate surface area is 192 Å². The number of anilines is 1. The Balaban J connectivity index is 1.44. The van der Waals surface area contributed by atoms with E-state index >= 15 is 0 Å². The van der Waals surface area contributed by atoms with E-state index in [-0.39, 0.29) is 23.7 Å². The molecule has 32 heavy (non-hydrogen) atoms. The predicted molar refractivity (Wildman–Crippen MR) is 125 cm³/mol. The molecule has 2 aromatic rings. The third-order valence-electron chi connectivity index (χ3n) is 5.70. The number of rotatable bonds is 4. The summed E-state index contributed by atoms with van der Waals surface area (Å²) in [6.07, 6.45) is 3.08. The standard InChI is InChI=1S/C25H26N2O4S/c1-3-31-25(30)18-10-12-27(13-11-18)24(29)19-8-9-21-20(15-19)26-23(28)22(32-21)14-17-6-4-16(2)5-7-17/h4-9,14-15,18H,3,10-13H2,1-2H3,(H,26,28). The number of piperidine rings is 1. The summed E-state index contributed by atoms with van der Waals surface area (Å²) in [4.78, 5) is 40.8. The monoisotopic (exact) mass is 450 g/mol. The van der Waals surface area contributed by atoms with Crippen molar-refractivity contribution in [2.45, 2.75) is 31.6 Å². The van der Waals surface area contributed by atoms with Crippen LogP contribution in [-0.2, 0) is 14.3 Å². The van der Waals surface area contributed by atoms with Gasteiger partial charge in [0.05, 0.1) is 23.1 Å². The molecule has 0 bridgehead atoms. The quantitative estimate of drug-likeness (QED) is 0.549. The number of benzene rings is 2. The summed E-state index contributed by atoms with van der Waals surface area (Å²) in [6, 6.07) is 13.4. The van der Waals surface area contributed by atoms with Crippen molar-refractivity contribution in [3.8, 4) is 0 Å². The van der Waals surface area contributed by atoms with Crippen molar-refractivity contribution >= 4 is 41.3 Å². The van der Waals surface area contributed by atoms with E-state index in [0.29, 0.717) is 48.7 Å². The van der Waals surface area contributed by atoms with Crippen LogP contribution in [0.1, 0.15) is 41.3 Å². The number of nitrogens with zero attached hydrogens (tertiary/aromatic N) is 1. The summed E-state index contributed by atoms with van der Waals surface area (Å²) >= 11 is 1.40. The Kier molecular flexibility index (Phi) is 6.65. The molecule has 2 amide bonds. The third kappa shape index (κ3) is 4.88. The van der Waals surface area contributed by atoms with Crippen LogP contribution in [0.15, 0.2) is 52.3 Å². The van der Waals surface area contributed by atoms with Gasteiger partial charge in [0.15, 0.2) is 0 Å². The van der Waals surface area contributed by atoms with Crippen LogP contribution >= 0.6 is 11.8 Å². The highest BCUT2D eigenvalue weighted by Crippen LogP contribution is 2.39. The Hall–Kier alpha value is -3.06. The van der Waals surface area contributed by atoms with Gasteiger partial charge in [-0.05, 0) is 56.5 Å². The van der Waals surface area contributed by atoms with E-state index in [1.807, 2.05) is 43.3 Å². The highest BCUT2D eigenvalue weighted by atomic mass is 32.2. The van der Waals surface area contributed by atoms with Crippen LogP contribution in [-0.4, -0.2) is 42.4 Å². The molecule has 0 radical (unpaired) electrons.